The fraction of sp³-hybridized carbons (Fsp3) is 0.625. The number of nitrogens with zero attached hydrogens (tertiary/aromatic N) is 1. The van der Waals surface area contributed by atoms with Crippen molar-refractivity contribution in [3.05, 3.63) is 29.6 Å². The Hall–Kier alpha value is -1.09. The molecule has 0 aliphatic heterocycles. The Morgan fingerprint density at radius 3 is 2.58 bits per heavy atom. The second-order valence-corrected chi connectivity index (χ2v) is 6.05. The van der Waals surface area contributed by atoms with Crippen molar-refractivity contribution in [1.82, 2.24) is 4.90 Å². The van der Waals surface area contributed by atoms with Crippen molar-refractivity contribution in [2.45, 2.75) is 52.1 Å². The van der Waals surface area contributed by atoms with Gasteiger partial charge in [-0.2, -0.15) is 0 Å². The van der Waals surface area contributed by atoms with Gasteiger partial charge in [-0.25, -0.2) is 4.39 Å². The topological polar surface area (TPSA) is 23.5 Å². The summed E-state index contributed by atoms with van der Waals surface area (Å²) in [5.74, 6) is -0.170. The Morgan fingerprint density at radius 2 is 2.00 bits per heavy atom. The average Bonchev–Trinajstić information content (AvgIpc) is 2.86. The van der Waals surface area contributed by atoms with Crippen LogP contribution in [-0.2, 0) is 6.54 Å². The lowest BCUT2D eigenvalue weighted by Crippen LogP contribution is -2.35. The number of aromatic hydroxyl groups is 1. The second kappa shape index (κ2) is 6.38. The molecule has 1 saturated carbocycles. The highest BCUT2D eigenvalue weighted by Gasteiger charge is 2.23. The summed E-state index contributed by atoms with van der Waals surface area (Å²) in [6.07, 6.45) is 5.13. The van der Waals surface area contributed by atoms with Crippen molar-refractivity contribution in [3.63, 3.8) is 0 Å². The van der Waals surface area contributed by atoms with E-state index in [1.165, 1.54) is 37.8 Å². The molecule has 0 aromatic heterocycles. The minimum Gasteiger partial charge on any atom is -0.505 e. The number of phenolic OH excluding ortho intramolecular Hbond substituents is 1. The zero-order valence-electron chi connectivity index (χ0n) is 11.9. The monoisotopic (exact) mass is 265 g/mol. The molecule has 1 aliphatic rings. The highest BCUT2D eigenvalue weighted by molar-refractivity contribution is 5.28. The van der Waals surface area contributed by atoms with E-state index in [0.29, 0.717) is 12.0 Å². The van der Waals surface area contributed by atoms with Crippen molar-refractivity contribution in [3.8, 4) is 5.75 Å². The van der Waals surface area contributed by atoms with Crippen LogP contribution in [0.3, 0.4) is 0 Å². The number of halogens is 1. The first-order valence-electron chi connectivity index (χ1n) is 7.27. The number of rotatable bonds is 5. The predicted octanol–water partition coefficient (Wildman–Crippen LogP) is 3.93. The van der Waals surface area contributed by atoms with Crippen molar-refractivity contribution in [1.29, 1.82) is 0 Å². The first-order chi connectivity index (χ1) is 9.06. The summed E-state index contributed by atoms with van der Waals surface area (Å²) in [6, 6.07) is 5.37. The molecule has 3 heteroatoms. The van der Waals surface area contributed by atoms with Crippen LogP contribution in [0, 0.1) is 11.7 Å². The van der Waals surface area contributed by atoms with Crippen LogP contribution in [0.4, 0.5) is 4.39 Å². The van der Waals surface area contributed by atoms with Crippen LogP contribution in [-0.4, -0.2) is 22.6 Å². The van der Waals surface area contributed by atoms with E-state index in [1.54, 1.807) is 0 Å². The molecule has 1 aromatic rings. The SMILES string of the molecule is CC(C)CN(Cc1ccc(O)c(F)c1)C1CCCC1. The van der Waals surface area contributed by atoms with E-state index in [-0.39, 0.29) is 5.75 Å². The number of hydrogen-bond donors (Lipinski definition) is 1. The third kappa shape index (κ3) is 3.93. The quantitative estimate of drug-likeness (QED) is 0.872. The molecule has 106 valence electrons. The van der Waals surface area contributed by atoms with Gasteiger partial charge in [-0.1, -0.05) is 32.8 Å². The highest BCUT2D eigenvalue weighted by Crippen LogP contribution is 2.26. The van der Waals surface area contributed by atoms with Gasteiger partial charge in [0.05, 0.1) is 0 Å². The Morgan fingerprint density at radius 1 is 1.32 bits per heavy atom. The molecule has 0 saturated heterocycles. The molecule has 0 spiro atoms. The molecule has 0 atom stereocenters. The smallest absolute Gasteiger partial charge is 0.165 e. The standard InChI is InChI=1S/C16H24FNO/c1-12(2)10-18(14-5-3-4-6-14)11-13-7-8-16(19)15(17)9-13/h7-9,12,14,19H,3-6,10-11H2,1-2H3. The molecule has 0 unspecified atom stereocenters. The summed E-state index contributed by atoms with van der Waals surface area (Å²) < 4.78 is 13.4. The van der Waals surface area contributed by atoms with Crippen LogP contribution < -0.4 is 0 Å². The van der Waals surface area contributed by atoms with E-state index in [0.717, 1.165) is 18.7 Å². The van der Waals surface area contributed by atoms with Crippen molar-refractivity contribution >= 4 is 0 Å². The first kappa shape index (κ1) is 14.3. The van der Waals surface area contributed by atoms with Gasteiger partial charge in [-0.15, -0.1) is 0 Å². The second-order valence-electron chi connectivity index (χ2n) is 6.05. The molecule has 0 heterocycles. The number of phenols is 1. The molecule has 1 aromatic carbocycles. The predicted molar refractivity (Wildman–Crippen MR) is 75.6 cm³/mol. The van der Waals surface area contributed by atoms with Gasteiger partial charge < -0.3 is 5.11 Å². The Bertz CT molecular complexity index is 413. The van der Waals surface area contributed by atoms with Crippen LogP contribution >= 0.6 is 0 Å². The van der Waals surface area contributed by atoms with Gasteiger partial charge in [0.2, 0.25) is 0 Å². The van der Waals surface area contributed by atoms with E-state index in [1.807, 2.05) is 6.07 Å². The first-order valence-corrected chi connectivity index (χ1v) is 7.27. The van der Waals surface area contributed by atoms with Crippen LogP contribution in [0.2, 0.25) is 0 Å². The van der Waals surface area contributed by atoms with Gasteiger partial charge in [0, 0.05) is 19.1 Å². The van der Waals surface area contributed by atoms with Gasteiger partial charge in [-0.3, -0.25) is 4.90 Å². The van der Waals surface area contributed by atoms with E-state index in [9.17, 15) is 9.50 Å². The molecule has 0 amide bonds. The molecule has 1 aliphatic carbocycles. The van der Waals surface area contributed by atoms with E-state index in [4.69, 9.17) is 0 Å². The van der Waals surface area contributed by atoms with Gasteiger partial charge in [-0.05, 0) is 36.5 Å². The van der Waals surface area contributed by atoms with Gasteiger partial charge in [0.15, 0.2) is 11.6 Å². The molecule has 2 rings (SSSR count). The lowest BCUT2D eigenvalue weighted by Gasteiger charge is -2.30. The maximum Gasteiger partial charge on any atom is 0.165 e. The molecule has 1 fully saturated rings. The Labute approximate surface area is 115 Å². The minimum absolute atomic E-state index is 0.264. The third-order valence-corrected chi connectivity index (χ3v) is 3.84. The van der Waals surface area contributed by atoms with Crippen molar-refractivity contribution in [2.75, 3.05) is 6.54 Å². The normalized spacial score (nSPS) is 16.7. The van der Waals surface area contributed by atoms with Crippen LogP contribution in [0.25, 0.3) is 0 Å². The summed E-state index contributed by atoms with van der Waals surface area (Å²) in [7, 11) is 0. The molecule has 1 N–H and O–H groups in total. The lowest BCUT2D eigenvalue weighted by molar-refractivity contribution is 0.168. The summed E-state index contributed by atoms with van der Waals surface area (Å²) in [6.45, 7) is 6.27. The summed E-state index contributed by atoms with van der Waals surface area (Å²) >= 11 is 0. The summed E-state index contributed by atoms with van der Waals surface area (Å²) in [4.78, 5) is 2.48. The highest BCUT2D eigenvalue weighted by atomic mass is 19.1. The van der Waals surface area contributed by atoms with Crippen LogP contribution in [0.15, 0.2) is 18.2 Å². The van der Waals surface area contributed by atoms with Crippen LogP contribution in [0.5, 0.6) is 5.75 Å². The largest absolute Gasteiger partial charge is 0.505 e. The van der Waals surface area contributed by atoms with E-state index >= 15 is 0 Å². The van der Waals surface area contributed by atoms with E-state index in [2.05, 4.69) is 18.7 Å². The third-order valence-electron chi connectivity index (χ3n) is 3.84. The van der Waals surface area contributed by atoms with Crippen molar-refractivity contribution < 1.29 is 9.50 Å². The van der Waals surface area contributed by atoms with E-state index < -0.39 is 5.82 Å². The zero-order chi connectivity index (χ0) is 13.8. The molecule has 0 bridgehead atoms. The minimum atomic E-state index is -0.520. The fourth-order valence-corrected chi connectivity index (χ4v) is 2.96. The van der Waals surface area contributed by atoms with Gasteiger partial charge in [0.25, 0.3) is 0 Å². The molecule has 0 radical (unpaired) electrons. The Kier molecular flexibility index (Phi) is 4.81. The summed E-state index contributed by atoms with van der Waals surface area (Å²) in [5, 5.41) is 9.25. The summed E-state index contributed by atoms with van der Waals surface area (Å²) in [5.41, 5.74) is 0.947. The molecular formula is C16H24FNO. The van der Waals surface area contributed by atoms with Gasteiger partial charge >= 0.3 is 0 Å². The number of benzene rings is 1. The fourth-order valence-electron chi connectivity index (χ4n) is 2.96. The van der Waals surface area contributed by atoms with Crippen LogP contribution in [0.1, 0.15) is 45.1 Å². The van der Waals surface area contributed by atoms with Gasteiger partial charge in [0.1, 0.15) is 0 Å². The average molecular weight is 265 g/mol. The van der Waals surface area contributed by atoms with Crippen molar-refractivity contribution in [2.24, 2.45) is 5.92 Å². The lowest BCUT2D eigenvalue weighted by atomic mass is 10.1. The number of hydrogen-bond acceptors (Lipinski definition) is 2. The molecular weight excluding hydrogens is 241 g/mol. The zero-order valence-corrected chi connectivity index (χ0v) is 11.9. The maximum absolute atomic E-state index is 13.4. The molecule has 2 nitrogen and oxygen atoms in total. The maximum atomic E-state index is 13.4. The Balaban J connectivity index is 2.07. The molecule has 19 heavy (non-hydrogen) atoms.